The van der Waals surface area contributed by atoms with E-state index < -0.39 is 54.0 Å². The van der Waals surface area contributed by atoms with E-state index in [0.29, 0.717) is 31.0 Å². The molecule has 0 saturated carbocycles. The van der Waals surface area contributed by atoms with Gasteiger partial charge in [0.25, 0.3) is 5.91 Å². The quantitative estimate of drug-likeness (QED) is 0.191. The van der Waals surface area contributed by atoms with Crippen molar-refractivity contribution in [3.63, 3.8) is 0 Å². The number of ether oxygens (including phenoxy) is 2. The summed E-state index contributed by atoms with van der Waals surface area (Å²) in [5.41, 5.74) is 1.08. The maximum atomic E-state index is 14.1. The molecule has 51 heavy (non-hydrogen) atoms. The number of esters is 1. The molecule has 14 heteroatoms. The molecule has 282 valence electrons. The fourth-order valence-electron chi connectivity index (χ4n) is 6.19. The predicted octanol–water partition coefficient (Wildman–Crippen LogP) is 3.93. The van der Waals surface area contributed by atoms with Gasteiger partial charge >= 0.3 is 11.9 Å². The van der Waals surface area contributed by atoms with Crippen LogP contribution in [0.15, 0.2) is 35.7 Å². The van der Waals surface area contributed by atoms with Gasteiger partial charge in [0.2, 0.25) is 11.8 Å². The van der Waals surface area contributed by atoms with Gasteiger partial charge in [-0.25, -0.2) is 4.98 Å². The zero-order valence-electron chi connectivity index (χ0n) is 31.1. The Kier molecular flexibility index (Phi) is 16.0. The van der Waals surface area contributed by atoms with Crippen LogP contribution >= 0.6 is 11.3 Å². The van der Waals surface area contributed by atoms with E-state index in [9.17, 15) is 29.1 Å². The van der Waals surface area contributed by atoms with Crippen molar-refractivity contribution in [2.75, 3.05) is 33.9 Å². The molecular weight excluding hydrogens is 675 g/mol. The van der Waals surface area contributed by atoms with Crippen molar-refractivity contribution >= 4 is 41.0 Å². The van der Waals surface area contributed by atoms with Gasteiger partial charge in [-0.2, -0.15) is 0 Å². The third-order valence-corrected chi connectivity index (χ3v) is 10.5. The molecule has 7 atom stereocenters. The van der Waals surface area contributed by atoms with Crippen LogP contribution < -0.4 is 10.6 Å². The van der Waals surface area contributed by atoms with Crippen molar-refractivity contribution in [1.29, 1.82) is 0 Å². The van der Waals surface area contributed by atoms with Gasteiger partial charge < -0.3 is 30.1 Å². The number of aliphatic carboxylic acids is 1. The van der Waals surface area contributed by atoms with Crippen molar-refractivity contribution in [2.45, 2.75) is 97.5 Å². The van der Waals surface area contributed by atoms with Crippen LogP contribution in [-0.4, -0.2) is 108 Å². The number of nitrogens with one attached hydrogen (secondary N) is 2. The second-order valence-corrected chi connectivity index (χ2v) is 14.8. The maximum absolute atomic E-state index is 14.1. The zero-order chi connectivity index (χ0) is 37.8. The highest BCUT2D eigenvalue weighted by Gasteiger charge is 2.37. The molecule has 1 fully saturated rings. The second kappa shape index (κ2) is 19.7. The van der Waals surface area contributed by atoms with Crippen LogP contribution in [0.4, 0.5) is 0 Å². The summed E-state index contributed by atoms with van der Waals surface area (Å²) < 4.78 is 11.3. The average Bonchev–Trinajstić information content (AvgIpc) is 3.59. The molecule has 0 spiro atoms. The third-order valence-electron chi connectivity index (χ3n) is 9.60. The Morgan fingerprint density at radius 1 is 1.10 bits per heavy atom. The number of hydrogen-bond donors (Lipinski definition) is 3. The van der Waals surface area contributed by atoms with Gasteiger partial charge in [-0.3, -0.25) is 28.9 Å². The Labute approximate surface area is 305 Å². The minimum Gasteiger partial charge on any atom is -0.481 e. The molecule has 0 aliphatic carbocycles. The summed E-state index contributed by atoms with van der Waals surface area (Å²) in [5.74, 6) is -3.37. The molecule has 0 radical (unpaired) electrons. The first-order valence-corrected chi connectivity index (χ1v) is 18.6. The lowest BCUT2D eigenvalue weighted by Gasteiger charge is -2.38. The fourth-order valence-corrected chi connectivity index (χ4v) is 7.03. The number of carboxylic acids is 1. The van der Waals surface area contributed by atoms with Crippen molar-refractivity contribution in [1.82, 2.24) is 25.4 Å². The number of rotatable bonds is 18. The summed E-state index contributed by atoms with van der Waals surface area (Å²) in [6, 6.07) is 7.35. The number of likely N-dealkylation sites (N-methyl/N-ethyl adjacent to an activating group) is 2. The van der Waals surface area contributed by atoms with Gasteiger partial charge in [0.05, 0.1) is 19.1 Å². The number of hydrogen-bond acceptors (Lipinski definition) is 10. The number of thiazole rings is 1. The van der Waals surface area contributed by atoms with Crippen LogP contribution in [0.5, 0.6) is 0 Å². The molecule has 1 aromatic heterocycles. The normalized spacial score (nSPS) is 18.5. The molecule has 13 nitrogen and oxygen atoms in total. The van der Waals surface area contributed by atoms with Gasteiger partial charge in [-0.15, -0.1) is 11.3 Å². The highest BCUT2D eigenvalue weighted by molar-refractivity contribution is 7.09. The molecule has 0 unspecified atom stereocenters. The lowest BCUT2D eigenvalue weighted by Crippen LogP contribution is -2.59. The summed E-state index contributed by atoms with van der Waals surface area (Å²) in [6.07, 6.45) is 0.685. The molecule has 1 aliphatic rings. The summed E-state index contributed by atoms with van der Waals surface area (Å²) in [4.78, 5) is 73.0. The maximum Gasteiger partial charge on any atom is 0.306 e. The van der Waals surface area contributed by atoms with E-state index >= 15 is 0 Å². The summed E-state index contributed by atoms with van der Waals surface area (Å²) >= 11 is 1.17. The highest BCUT2D eigenvalue weighted by atomic mass is 32.1. The number of amides is 3. The smallest absolute Gasteiger partial charge is 0.306 e. The summed E-state index contributed by atoms with van der Waals surface area (Å²) in [6.45, 7) is 12.1. The molecule has 1 aromatic carbocycles. The Hall–Kier alpha value is -3.88. The largest absolute Gasteiger partial charge is 0.481 e. The van der Waals surface area contributed by atoms with E-state index in [1.54, 1.807) is 24.3 Å². The van der Waals surface area contributed by atoms with E-state index in [4.69, 9.17) is 9.47 Å². The molecule has 1 saturated heterocycles. The molecule has 0 bridgehead atoms. The Morgan fingerprint density at radius 2 is 1.78 bits per heavy atom. The predicted molar refractivity (Wildman–Crippen MR) is 194 cm³/mol. The standard InChI is InChI=1S/C37H55N5O8S/c1-9-23(4)32(40-34(45)30-20-49-16-15-41(30)7)36(46)42(8)29(22(2)3)19-31(50-25(6)43)35-39-28(21-51-35)33(44)38-27(17-24(5)37(47)48)18-26-13-11-10-12-14-26/h10-14,21-24,27,29-32H,9,15-20H2,1-8H3,(H,38,44)(H,40,45)(H,47,48)/t23-,24-,27+,29+,30+,31+,32-/m0/s1. The van der Waals surface area contributed by atoms with Crippen LogP contribution in [0, 0.1) is 17.8 Å². The van der Waals surface area contributed by atoms with E-state index in [2.05, 4.69) is 15.6 Å². The Morgan fingerprint density at radius 3 is 2.37 bits per heavy atom. The first-order valence-electron chi connectivity index (χ1n) is 17.7. The van der Waals surface area contributed by atoms with Crippen LogP contribution in [0.2, 0.25) is 0 Å². The number of morpholine rings is 1. The SMILES string of the molecule is CC[C@H](C)[C@H](NC(=O)[C@H]1COCCN1C)C(=O)N(C)[C@H](C[C@@H](OC(C)=O)c1nc(C(=O)N[C@@H](Cc2ccccc2)C[C@H](C)C(=O)O)cs1)C(C)C. The minimum absolute atomic E-state index is 0.0686. The van der Waals surface area contributed by atoms with Crippen LogP contribution in [0.3, 0.4) is 0 Å². The van der Waals surface area contributed by atoms with Gasteiger partial charge in [-0.05, 0) is 37.3 Å². The van der Waals surface area contributed by atoms with Crippen LogP contribution in [0.1, 0.15) is 88.0 Å². The zero-order valence-corrected chi connectivity index (χ0v) is 31.9. The number of benzene rings is 1. The van der Waals surface area contributed by atoms with Crippen molar-refractivity contribution < 1.29 is 38.6 Å². The van der Waals surface area contributed by atoms with E-state index in [1.807, 2.05) is 70.0 Å². The Bertz CT molecular complexity index is 1470. The van der Waals surface area contributed by atoms with E-state index in [1.165, 1.54) is 18.3 Å². The lowest BCUT2D eigenvalue weighted by molar-refractivity contribution is -0.149. The Balaban J connectivity index is 1.81. The van der Waals surface area contributed by atoms with E-state index in [0.717, 1.165) is 5.56 Å². The average molecular weight is 730 g/mol. The van der Waals surface area contributed by atoms with E-state index in [-0.39, 0.29) is 48.8 Å². The summed E-state index contributed by atoms with van der Waals surface area (Å²) in [7, 11) is 3.56. The van der Waals surface area contributed by atoms with Gasteiger partial charge in [0, 0.05) is 44.4 Å². The first kappa shape index (κ1) is 41.5. The molecular formula is C37H55N5O8S. The molecule has 1 aliphatic heterocycles. The third kappa shape index (κ3) is 12.1. The number of carbonyl (C=O) groups is 5. The van der Waals surface area contributed by atoms with Crippen molar-refractivity contribution in [3.05, 3.63) is 52.0 Å². The fraction of sp³-hybridized carbons (Fsp3) is 0.622. The number of nitrogens with zero attached hydrogens (tertiary/aromatic N) is 3. The van der Waals surface area contributed by atoms with Crippen LogP contribution in [0.25, 0.3) is 0 Å². The molecule has 3 amide bonds. The highest BCUT2D eigenvalue weighted by Crippen LogP contribution is 2.31. The number of aromatic nitrogens is 1. The topological polar surface area (TPSA) is 167 Å². The van der Waals surface area contributed by atoms with Crippen LogP contribution in [-0.2, 0) is 35.1 Å². The minimum atomic E-state index is -0.949. The second-order valence-electron chi connectivity index (χ2n) is 13.9. The first-order chi connectivity index (χ1) is 24.1. The number of carboxylic acid groups (broad SMARTS) is 1. The lowest BCUT2D eigenvalue weighted by atomic mass is 9.93. The van der Waals surface area contributed by atoms with Gasteiger partial charge in [0.1, 0.15) is 22.8 Å². The molecule has 3 rings (SSSR count). The van der Waals surface area contributed by atoms with Crippen molar-refractivity contribution in [2.24, 2.45) is 17.8 Å². The number of carbonyl (C=O) groups excluding carboxylic acids is 4. The van der Waals surface area contributed by atoms with Crippen molar-refractivity contribution in [3.8, 4) is 0 Å². The molecule has 3 N–H and O–H groups in total. The van der Waals surface area contributed by atoms with Gasteiger partial charge in [0.15, 0.2) is 6.10 Å². The molecule has 2 aromatic rings. The monoisotopic (exact) mass is 729 g/mol. The molecule has 2 heterocycles. The summed E-state index contributed by atoms with van der Waals surface area (Å²) in [5, 5.41) is 17.5. The van der Waals surface area contributed by atoms with Gasteiger partial charge in [-0.1, -0.05) is 71.4 Å².